The molecule has 2 aromatic rings. The fourth-order valence-corrected chi connectivity index (χ4v) is 1.46. The summed E-state index contributed by atoms with van der Waals surface area (Å²) in [6.45, 7) is 0. The Kier molecular flexibility index (Phi) is 3.65. The van der Waals surface area contributed by atoms with Crippen LogP contribution < -0.4 is 5.32 Å². The van der Waals surface area contributed by atoms with Gasteiger partial charge in [0.15, 0.2) is 0 Å². The van der Waals surface area contributed by atoms with E-state index in [-0.39, 0.29) is 11.4 Å². The van der Waals surface area contributed by atoms with Crippen LogP contribution in [0.5, 0.6) is 0 Å². The summed E-state index contributed by atoms with van der Waals surface area (Å²) in [5.41, 5.74) is -0.889. The molecule has 0 saturated heterocycles. The first-order valence-corrected chi connectivity index (χ1v) is 5.35. The number of carbonyl (C=O) groups is 1. The Morgan fingerprint density at radius 2 is 2.00 bits per heavy atom. The van der Waals surface area contributed by atoms with Crippen LogP contribution in [0, 0.1) is 21.9 Å². The van der Waals surface area contributed by atoms with Gasteiger partial charge in [0.25, 0.3) is 5.91 Å². The average Bonchev–Trinajstić information content (AvgIpc) is 2.38. The number of amides is 1. The summed E-state index contributed by atoms with van der Waals surface area (Å²) in [6, 6.07) is 6.54. The number of benzene rings is 1. The maximum atomic E-state index is 13.3. The van der Waals surface area contributed by atoms with E-state index in [0.29, 0.717) is 0 Å². The van der Waals surface area contributed by atoms with E-state index < -0.39 is 28.3 Å². The molecular weight excluding hydrogens is 272 g/mol. The predicted octanol–water partition coefficient (Wildman–Crippen LogP) is 2.52. The average molecular weight is 279 g/mol. The molecule has 2 rings (SSSR count). The van der Waals surface area contributed by atoms with Crippen LogP contribution in [0.1, 0.15) is 10.5 Å². The van der Waals surface area contributed by atoms with E-state index in [2.05, 4.69) is 10.3 Å². The van der Waals surface area contributed by atoms with Crippen molar-refractivity contribution in [3.8, 4) is 0 Å². The lowest BCUT2D eigenvalue weighted by molar-refractivity contribution is -0.387. The highest BCUT2D eigenvalue weighted by Crippen LogP contribution is 2.21. The van der Waals surface area contributed by atoms with Crippen molar-refractivity contribution in [2.75, 3.05) is 5.32 Å². The molecule has 0 spiro atoms. The van der Waals surface area contributed by atoms with E-state index in [1.165, 1.54) is 18.2 Å². The summed E-state index contributed by atoms with van der Waals surface area (Å²) >= 11 is 0. The zero-order valence-electron chi connectivity index (χ0n) is 9.84. The second-order valence-corrected chi connectivity index (χ2v) is 3.72. The zero-order valence-corrected chi connectivity index (χ0v) is 9.84. The fraction of sp³-hybridized carbons (Fsp3) is 0. The van der Waals surface area contributed by atoms with Gasteiger partial charge in [-0.1, -0.05) is 6.07 Å². The molecule has 0 bridgehead atoms. The second kappa shape index (κ2) is 5.39. The van der Waals surface area contributed by atoms with E-state index >= 15 is 0 Å². The van der Waals surface area contributed by atoms with Crippen LogP contribution in [-0.2, 0) is 0 Å². The van der Waals surface area contributed by atoms with Crippen LogP contribution in [0.25, 0.3) is 0 Å². The first-order chi connectivity index (χ1) is 9.47. The van der Waals surface area contributed by atoms with Gasteiger partial charge >= 0.3 is 5.69 Å². The number of nitrogens with one attached hydrogen (secondary N) is 1. The van der Waals surface area contributed by atoms with Crippen LogP contribution in [0.4, 0.5) is 20.2 Å². The van der Waals surface area contributed by atoms with Gasteiger partial charge in [-0.05, 0) is 18.2 Å². The summed E-state index contributed by atoms with van der Waals surface area (Å²) in [4.78, 5) is 24.6. The first-order valence-electron chi connectivity index (χ1n) is 5.35. The number of nitro groups is 1. The van der Waals surface area contributed by atoms with Crippen LogP contribution in [0.3, 0.4) is 0 Å². The number of anilines is 1. The summed E-state index contributed by atoms with van der Waals surface area (Å²) in [5.74, 6) is -2.66. The molecule has 0 fully saturated rings. The van der Waals surface area contributed by atoms with Gasteiger partial charge in [0.2, 0.25) is 11.8 Å². The van der Waals surface area contributed by atoms with Crippen molar-refractivity contribution in [1.29, 1.82) is 0 Å². The lowest BCUT2D eigenvalue weighted by atomic mass is 10.2. The molecule has 102 valence electrons. The molecule has 1 amide bonds. The molecule has 8 heteroatoms. The number of rotatable bonds is 3. The lowest BCUT2D eigenvalue weighted by Crippen LogP contribution is -2.14. The molecule has 1 N–H and O–H groups in total. The Balaban J connectivity index is 2.20. The molecular formula is C12H7F2N3O3. The van der Waals surface area contributed by atoms with E-state index in [9.17, 15) is 23.7 Å². The Morgan fingerprint density at radius 3 is 2.60 bits per heavy atom. The highest BCUT2D eigenvalue weighted by molar-refractivity contribution is 6.02. The molecule has 20 heavy (non-hydrogen) atoms. The third-order valence-corrected chi connectivity index (χ3v) is 2.35. The van der Waals surface area contributed by atoms with Crippen LogP contribution in [-0.4, -0.2) is 15.8 Å². The number of nitro benzene ring substituents is 1. The maximum Gasteiger partial charge on any atom is 0.304 e. The minimum atomic E-state index is -1.08. The maximum absolute atomic E-state index is 13.3. The minimum Gasteiger partial charge on any atom is -0.321 e. The Morgan fingerprint density at radius 1 is 1.25 bits per heavy atom. The molecule has 0 atom stereocenters. The summed E-state index contributed by atoms with van der Waals surface area (Å²) < 4.78 is 26.2. The molecule has 1 heterocycles. The van der Waals surface area contributed by atoms with Gasteiger partial charge in [0, 0.05) is 17.8 Å². The third kappa shape index (κ3) is 2.91. The minimum absolute atomic E-state index is 0.00385. The standard InChI is InChI=1S/C12H7F2N3O3/c13-8-6-7(4-5-10(8)17(19)20)15-12(18)9-2-1-3-11(14)16-9/h1-6H,(H,15,18). The number of aromatic nitrogens is 1. The van der Waals surface area contributed by atoms with Crippen molar-refractivity contribution in [3.63, 3.8) is 0 Å². The SMILES string of the molecule is O=C(Nc1ccc([N+](=O)[O-])c(F)c1)c1cccc(F)n1. The molecule has 0 saturated carbocycles. The molecule has 1 aromatic carbocycles. The molecule has 0 aliphatic rings. The summed E-state index contributed by atoms with van der Waals surface area (Å²) in [7, 11) is 0. The number of hydrogen-bond acceptors (Lipinski definition) is 4. The van der Waals surface area contributed by atoms with Gasteiger partial charge < -0.3 is 5.32 Å². The largest absolute Gasteiger partial charge is 0.321 e. The van der Waals surface area contributed by atoms with Crippen molar-refractivity contribution in [1.82, 2.24) is 4.98 Å². The first kappa shape index (κ1) is 13.5. The molecule has 1 aromatic heterocycles. The highest BCUT2D eigenvalue weighted by Gasteiger charge is 2.15. The number of carbonyl (C=O) groups excluding carboxylic acids is 1. The summed E-state index contributed by atoms with van der Waals surface area (Å²) in [5, 5.41) is 12.7. The van der Waals surface area contributed by atoms with Crippen molar-refractivity contribution in [3.05, 3.63) is 64.0 Å². The highest BCUT2D eigenvalue weighted by atomic mass is 19.1. The Hall–Kier alpha value is -2.90. The fourth-order valence-electron chi connectivity index (χ4n) is 1.46. The molecule has 0 aliphatic heterocycles. The Bertz CT molecular complexity index is 691. The lowest BCUT2D eigenvalue weighted by Gasteiger charge is -2.04. The quantitative estimate of drug-likeness (QED) is 0.531. The van der Waals surface area contributed by atoms with E-state index in [0.717, 1.165) is 18.2 Å². The van der Waals surface area contributed by atoms with Crippen molar-refractivity contribution >= 4 is 17.3 Å². The van der Waals surface area contributed by atoms with Crippen molar-refractivity contribution in [2.45, 2.75) is 0 Å². The number of nitrogens with zero attached hydrogens (tertiary/aromatic N) is 2. The smallest absolute Gasteiger partial charge is 0.304 e. The normalized spacial score (nSPS) is 10.1. The molecule has 0 aliphatic carbocycles. The number of halogens is 2. The van der Waals surface area contributed by atoms with E-state index in [4.69, 9.17) is 0 Å². The van der Waals surface area contributed by atoms with E-state index in [1.54, 1.807) is 0 Å². The van der Waals surface area contributed by atoms with E-state index in [1.807, 2.05) is 0 Å². The third-order valence-electron chi connectivity index (χ3n) is 2.35. The van der Waals surface area contributed by atoms with Gasteiger partial charge in [0.1, 0.15) is 5.69 Å². The molecule has 6 nitrogen and oxygen atoms in total. The van der Waals surface area contributed by atoms with Crippen molar-refractivity contribution < 1.29 is 18.5 Å². The van der Waals surface area contributed by atoms with Gasteiger partial charge in [-0.2, -0.15) is 8.78 Å². The molecule has 0 radical (unpaired) electrons. The monoisotopic (exact) mass is 279 g/mol. The Labute approximate surface area is 111 Å². The predicted molar refractivity (Wildman–Crippen MR) is 65.2 cm³/mol. The van der Waals surface area contributed by atoms with Gasteiger partial charge in [-0.25, -0.2) is 4.98 Å². The number of pyridine rings is 1. The topological polar surface area (TPSA) is 85.1 Å². The van der Waals surface area contributed by atoms with Crippen molar-refractivity contribution in [2.24, 2.45) is 0 Å². The van der Waals surface area contributed by atoms with Gasteiger partial charge in [-0.15, -0.1) is 0 Å². The van der Waals surface area contributed by atoms with Gasteiger partial charge in [0.05, 0.1) is 4.92 Å². The van der Waals surface area contributed by atoms with Crippen LogP contribution >= 0.6 is 0 Å². The van der Waals surface area contributed by atoms with Gasteiger partial charge in [-0.3, -0.25) is 14.9 Å². The number of hydrogen-bond donors (Lipinski definition) is 1. The van der Waals surface area contributed by atoms with Crippen LogP contribution in [0.2, 0.25) is 0 Å². The molecule has 0 unspecified atom stereocenters. The summed E-state index contributed by atoms with van der Waals surface area (Å²) in [6.07, 6.45) is 0. The second-order valence-electron chi connectivity index (χ2n) is 3.72. The zero-order chi connectivity index (χ0) is 14.7. The van der Waals surface area contributed by atoms with Crippen LogP contribution in [0.15, 0.2) is 36.4 Å².